The van der Waals surface area contributed by atoms with Crippen LogP contribution in [0.15, 0.2) is 53.7 Å². The molecule has 0 amide bonds. The maximum Gasteiger partial charge on any atom is 0.187 e. The van der Waals surface area contributed by atoms with E-state index in [2.05, 4.69) is 36.4 Å². The number of Topliss-reactive ketones (excluding diaryl/α,β-unsaturated/α-hetero) is 1. The second kappa shape index (κ2) is 6.05. The van der Waals surface area contributed by atoms with Gasteiger partial charge in [0.1, 0.15) is 6.54 Å². The van der Waals surface area contributed by atoms with Gasteiger partial charge in [-0.15, -0.1) is 0 Å². The molecule has 0 atom stereocenters. The molecule has 0 aliphatic heterocycles. The predicted octanol–water partition coefficient (Wildman–Crippen LogP) is 3.87. The SMILES string of the molecule is CCc1ccc(-c2ccc(C(=O)CN=O)cc2)cc1. The molecular formula is C16H15NO2. The minimum absolute atomic E-state index is 0.247. The average molecular weight is 253 g/mol. The van der Waals surface area contributed by atoms with E-state index >= 15 is 0 Å². The first-order chi connectivity index (χ1) is 9.24. The Morgan fingerprint density at radius 3 is 1.95 bits per heavy atom. The molecule has 0 fully saturated rings. The molecule has 3 heteroatoms. The molecule has 2 aromatic carbocycles. The molecule has 0 N–H and O–H groups in total. The highest BCUT2D eigenvalue weighted by Gasteiger charge is 2.05. The van der Waals surface area contributed by atoms with Crippen LogP contribution in [0.5, 0.6) is 0 Å². The van der Waals surface area contributed by atoms with Crippen LogP contribution in [-0.4, -0.2) is 12.3 Å². The molecule has 0 saturated heterocycles. The first kappa shape index (κ1) is 13.1. The molecule has 0 unspecified atom stereocenters. The van der Waals surface area contributed by atoms with Crippen LogP contribution in [0.2, 0.25) is 0 Å². The summed E-state index contributed by atoms with van der Waals surface area (Å²) in [5.41, 5.74) is 3.99. The third-order valence-electron chi connectivity index (χ3n) is 3.11. The van der Waals surface area contributed by atoms with Gasteiger partial charge in [-0.05, 0) is 23.1 Å². The van der Waals surface area contributed by atoms with Crippen molar-refractivity contribution in [3.8, 4) is 11.1 Å². The highest BCUT2D eigenvalue weighted by molar-refractivity contribution is 5.98. The zero-order valence-corrected chi connectivity index (χ0v) is 10.8. The van der Waals surface area contributed by atoms with Crippen LogP contribution in [-0.2, 0) is 6.42 Å². The maximum atomic E-state index is 11.5. The van der Waals surface area contributed by atoms with Gasteiger partial charge in [0, 0.05) is 5.56 Å². The molecule has 0 aromatic heterocycles. The summed E-state index contributed by atoms with van der Waals surface area (Å²) in [5, 5.41) is 2.61. The van der Waals surface area contributed by atoms with Crippen LogP contribution >= 0.6 is 0 Å². The summed E-state index contributed by atoms with van der Waals surface area (Å²) < 4.78 is 0. The second-order valence-electron chi connectivity index (χ2n) is 4.34. The van der Waals surface area contributed by atoms with Crippen molar-refractivity contribution >= 4 is 5.78 Å². The molecule has 0 radical (unpaired) electrons. The van der Waals surface area contributed by atoms with Gasteiger partial charge in [0.05, 0.1) is 0 Å². The molecule has 0 heterocycles. The number of carbonyl (C=O) groups is 1. The van der Waals surface area contributed by atoms with E-state index in [0.29, 0.717) is 5.56 Å². The normalized spacial score (nSPS) is 10.2. The molecule has 2 aromatic rings. The lowest BCUT2D eigenvalue weighted by molar-refractivity contribution is 0.100. The Hall–Kier alpha value is -2.29. The van der Waals surface area contributed by atoms with Crippen molar-refractivity contribution in [3.63, 3.8) is 0 Å². The van der Waals surface area contributed by atoms with E-state index in [4.69, 9.17) is 0 Å². The topological polar surface area (TPSA) is 46.5 Å². The van der Waals surface area contributed by atoms with E-state index in [0.717, 1.165) is 17.5 Å². The monoisotopic (exact) mass is 253 g/mol. The zero-order chi connectivity index (χ0) is 13.7. The largest absolute Gasteiger partial charge is 0.292 e. The highest BCUT2D eigenvalue weighted by Crippen LogP contribution is 2.20. The van der Waals surface area contributed by atoms with Gasteiger partial charge in [-0.1, -0.05) is 60.6 Å². The number of ketones is 1. The van der Waals surface area contributed by atoms with Gasteiger partial charge in [0.25, 0.3) is 0 Å². The number of hydrogen-bond donors (Lipinski definition) is 0. The third kappa shape index (κ3) is 3.13. The lowest BCUT2D eigenvalue weighted by Crippen LogP contribution is -2.02. The van der Waals surface area contributed by atoms with Crippen LogP contribution in [0.25, 0.3) is 11.1 Å². The van der Waals surface area contributed by atoms with Crippen LogP contribution in [0, 0.1) is 4.91 Å². The fourth-order valence-electron chi connectivity index (χ4n) is 1.93. The van der Waals surface area contributed by atoms with Crippen LogP contribution in [0.1, 0.15) is 22.8 Å². The summed E-state index contributed by atoms with van der Waals surface area (Å²) in [6, 6.07) is 15.6. The maximum absolute atomic E-state index is 11.5. The molecule has 0 spiro atoms. The minimum Gasteiger partial charge on any atom is -0.292 e. The summed E-state index contributed by atoms with van der Waals surface area (Å²) in [7, 11) is 0. The molecule has 0 aliphatic carbocycles. The van der Waals surface area contributed by atoms with Crippen molar-refractivity contribution in [1.82, 2.24) is 0 Å². The second-order valence-corrected chi connectivity index (χ2v) is 4.34. The van der Waals surface area contributed by atoms with Crippen LogP contribution in [0.4, 0.5) is 0 Å². The van der Waals surface area contributed by atoms with Gasteiger partial charge >= 0.3 is 0 Å². The molecule has 0 saturated carbocycles. The summed E-state index contributed by atoms with van der Waals surface area (Å²) in [6.07, 6.45) is 1.02. The smallest absolute Gasteiger partial charge is 0.187 e. The number of hydrogen-bond acceptors (Lipinski definition) is 3. The van der Waals surface area contributed by atoms with E-state index in [-0.39, 0.29) is 12.3 Å². The van der Waals surface area contributed by atoms with Gasteiger partial charge in [-0.25, -0.2) is 0 Å². The summed E-state index contributed by atoms with van der Waals surface area (Å²) in [6.45, 7) is 1.82. The standard InChI is InChI=1S/C16H15NO2/c1-2-12-3-5-13(6-4-12)14-7-9-15(10-8-14)16(18)11-17-19/h3-10H,2,11H2,1H3. The quantitative estimate of drug-likeness (QED) is 0.600. The Balaban J connectivity index is 2.21. The molecule has 96 valence electrons. The molecule has 19 heavy (non-hydrogen) atoms. The van der Waals surface area contributed by atoms with Crippen molar-refractivity contribution in [2.24, 2.45) is 5.18 Å². The minimum atomic E-state index is -0.301. The Kier molecular flexibility index (Phi) is 4.18. The predicted molar refractivity (Wildman–Crippen MR) is 76.2 cm³/mol. The fraction of sp³-hybridized carbons (Fsp3) is 0.188. The van der Waals surface area contributed by atoms with E-state index in [1.165, 1.54) is 5.56 Å². The lowest BCUT2D eigenvalue weighted by atomic mass is 10.0. The summed E-state index contributed by atoms with van der Waals surface area (Å²) in [5.74, 6) is -0.247. The first-order valence-electron chi connectivity index (χ1n) is 6.26. The van der Waals surface area contributed by atoms with Crippen molar-refractivity contribution < 1.29 is 4.79 Å². The Morgan fingerprint density at radius 2 is 1.47 bits per heavy atom. The molecule has 2 rings (SSSR count). The van der Waals surface area contributed by atoms with E-state index in [9.17, 15) is 9.70 Å². The molecule has 0 aliphatic rings. The zero-order valence-electron chi connectivity index (χ0n) is 10.8. The number of carbonyl (C=O) groups excluding carboxylic acids is 1. The van der Waals surface area contributed by atoms with Crippen molar-refractivity contribution in [2.45, 2.75) is 13.3 Å². The number of nitroso groups, excluding NO2 is 1. The van der Waals surface area contributed by atoms with Gasteiger partial charge < -0.3 is 0 Å². The van der Waals surface area contributed by atoms with Gasteiger partial charge in [-0.2, -0.15) is 4.91 Å². The van der Waals surface area contributed by atoms with Gasteiger partial charge in [0.15, 0.2) is 5.78 Å². The Bertz CT molecular complexity index is 571. The Labute approximate surface area is 112 Å². The van der Waals surface area contributed by atoms with Crippen LogP contribution in [0.3, 0.4) is 0 Å². The highest BCUT2D eigenvalue weighted by atomic mass is 16.3. The lowest BCUT2D eigenvalue weighted by Gasteiger charge is -2.04. The first-order valence-corrected chi connectivity index (χ1v) is 6.26. The summed E-state index contributed by atoms with van der Waals surface area (Å²) >= 11 is 0. The number of nitrogens with zero attached hydrogens (tertiary/aromatic N) is 1. The molecule has 0 bridgehead atoms. The van der Waals surface area contributed by atoms with Gasteiger partial charge in [-0.3, -0.25) is 4.79 Å². The number of benzene rings is 2. The number of rotatable bonds is 5. The van der Waals surface area contributed by atoms with Crippen molar-refractivity contribution in [1.29, 1.82) is 0 Å². The number of aryl methyl sites for hydroxylation is 1. The fourth-order valence-corrected chi connectivity index (χ4v) is 1.93. The van der Waals surface area contributed by atoms with Gasteiger partial charge in [0.2, 0.25) is 0 Å². The molecule has 3 nitrogen and oxygen atoms in total. The third-order valence-corrected chi connectivity index (χ3v) is 3.11. The van der Waals surface area contributed by atoms with Crippen molar-refractivity contribution in [3.05, 3.63) is 64.6 Å². The van der Waals surface area contributed by atoms with E-state index < -0.39 is 0 Å². The van der Waals surface area contributed by atoms with Crippen LogP contribution < -0.4 is 0 Å². The Morgan fingerprint density at radius 1 is 0.947 bits per heavy atom. The van der Waals surface area contributed by atoms with Crippen molar-refractivity contribution in [2.75, 3.05) is 6.54 Å². The van der Waals surface area contributed by atoms with E-state index in [1.54, 1.807) is 12.1 Å². The summed E-state index contributed by atoms with van der Waals surface area (Å²) in [4.78, 5) is 21.5. The average Bonchev–Trinajstić information content (AvgIpc) is 2.48. The molecular weight excluding hydrogens is 238 g/mol. The van der Waals surface area contributed by atoms with E-state index in [1.807, 2.05) is 12.1 Å².